The fraction of sp³-hybridized carbons (Fsp3) is 0.286. The Labute approximate surface area is 151 Å². The summed E-state index contributed by atoms with van der Waals surface area (Å²) in [5.74, 6) is 1.36. The van der Waals surface area contributed by atoms with Crippen LogP contribution in [-0.4, -0.2) is 29.9 Å². The lowest BCUT2D eigenvalue weighted by atomic mass is 10.0. The van der Waals surface area contributed by atoms with E-state index in [9.17, 15) is 4.79 Å². The number of rotatable bonds is 4. The van der Waals surface area contributed by atoms with Crippen LogP contribution in [0.4, 0.5) is 0 Å². The predicted octanol–water partition coefficient (Wildman–Crippen LogP) is 3.30. The second-order valence-corrected chi connectivity index (χ2v) is 6.55. The Kier molecular flexibility index (Phi) is 4.49. The minimum atomic E-state index is -0.0229. The molecule has 2 heterocycles. The number of ether oxygens (including phenoxy) is 1. The lowest BCUT2D eigenvalue weighted by Gasteiger charge is -2.29. The van der Waals surface area contributed by atoms with Crippen molar-refractivity contribution in [1.29, 1.82) is 0 Å². The van der Waals surface area contributed by atoms with E-state index in [0.29, 0.717) is 42.0 Å². The maximum Gasteiger partial charge on any atom is 0.200 e. The largest absolute Gasteiger partial charge is 0.478 e. The highest BCUT2D eigenvalue weighted by atomic mass is 16.5. The van der Waals surface area contributed by atoms with Gasteiger partial charge in [-0.3, -0.25) is 9.69 Å². The van der Waals surface area contributed by atoms with E-state index in [1.54, 1.807) is 6.07 Å². The van der Waals surface area contributed by atoms with Gasteiger partial charge in [0.05, 0.1) is 16.5 Å². The van der Waals surface area contributed by atoms with Gasteiger partial charge in [0.2, 0.25) is 5.43 Å². The zero-order chi connectivity index (χ0) is 18.1. The highest BCUT2D eigenvalue weighted by Gasteiger charge is 2.23. The summed E-state index contributed by atoms with van der Waals surface area (Å²) in [7, 11) is 0. The molecule has 1 aliphatic rings. The lowest BCUT2D eigenvalue weighted by molar-refractivity contribution is 0.0886. The molecule has 3 aromatic rings. The Morgan fingerprint density at radius 3 is 2.73 bits per heavy atom. The third-order valence-corrected chi connectivity index (χ3v) is 4.78. The zero-order valence-corrected chi connectivity index (χ0v) is 14.7. The average Bonchev–Trinajstić information content (AvgIpc) is 2.67. The van der Waals surface area contributed by atoms with Crippen molar-refractivity contribution in [2.45, 2.75) is 19.9 Å². The number of benzene rings is 2. The third-order valence-electron chi connectivity index (χ3n) is 4.78. The Bertz CT molecular complexity index is 994. The first kappa shape index (κ1) is 16.8. The molecule has 0 aliphatic carbocycles. The maximum absolute atomic E-state index is 13.1. The highest BCUT2D eigenvalue weighted by Crippen LogP contribution is 2.33. The number of hydrogen-bond donors (Lipinski definition) is 1. The summed E-state index contributed by atoms with van der Waals surface area (Å²) in [4.78, 5) is 15.2. The fourth-order valence-corrected chi connectivity index (χ4v) is 3.50. The number of aryl methyl sites for hydroxylation is 1. The molecule has 0 atom stereocenters. The van der Waals surface area contributed by atoms with Gasteiger partial charge in [-0.15, -0.1) is 0 Å². The number of nitrogens with zero attached hydrogens (tertiary/aromatic N) is 1. The van der Waals surface area contributed by atoms with Crippen molar-refractivity contribution < 1.29 is 14.3 Å². The molecule has 0 saturated heterocycles. The van der Waals surface area contributed by atoms with E-state index < -0.39 is 0 Å². The van der Waals surface area contributed by atoms with Crippen molar-refractivity contribution in [2.75, 3.05) is 19.9 Å². The maximum atomic E-state index is 13.1. The van der Waals surface area contributed by atoms with Crippen LogP contribution in [0.2, 0.25) is 0 Å². The number of aliphatic hydroxyl groups excluding tert-OH is 1. The topological polar surface area (TPSA) is 62.9 Å². The second kappa shape index (κ2) is 6.94. The van der Waals surface area contributed by atoms with Gasteiger partial charge in [-0.2, -0.15) is 0 Å². The molecule has 5 heteroatoms. The second-order valence-electron chi connectivity index (χ2n) is 6.55. The van der Waals surface area contributed by atoms with Gasteiger partial charge in [-0.1, -0.05) is 30.3 Å². The van der Waals surface area contributed by atoms with Gasteiger partial charge < -0.3 is 14.3 Å². The van der Waals surface area contributed by atoms with Gasteiger partial charge in [-0.05, 0) is 31.0 Å². The molecule has 1 N–H and O–H groups in total. The molecule has 4 rings (SSSR count). The monoisotopic (exact) mass is 351 g/mol. The Morgan fingerprint density at radius 2 is 1.96 bits per heavy atom. The first-order valence-corrected chi connectivity index (χ1v) is 8.80. The molecule has 0 spiro atoms. The molecule has 5 nitrogen and oxygen atoms in total. The van der Waals surface area contributed by atoms with Crippen LogP contribution in [0.25, 0.3) is 22.1 Å². The minimum Gasteiger partial charge on any atom is -0.478 e. The normalized spacial score (nSPS) is 14.2. The molecular formula is C21H21NO4. The Hall–Kier alpha value is -2.63. The Balaban J connectivity index is 1.85. The van der Waals surface area contributed by atoms with E-state index in [2.05, 4.69) is 4.90 Å². The van der Waals surface area contributed by atoms with Crippen LogP contribution < -0.4 is 10.2 Å². The zero-order valence-electron chi connectivity index (χ0n) is 14.7. The van der Waals surface area contributed by atoms with Crippen LogP contribution in [0.3, 0.4) is 0 Å². The molecule has 0 fully saturated rings. The van der Waals surface area contributed by atoms with Gasteiger partial charge in [0, 0.05) is 19.7 Å². The van der Waals surface area contributed by atoms with Gasteiger partial charge in [0.25, 0.3) is 0 Å². The van der Waals surface area contributed by atoms with Crippen molar-refractivity contribution in [3.8, 4) is 16.9 Å². The average molecular weight is 351 g/mol. The minimum absolute atomic E-state index is 0.0229. The molecular weight excluding hydrogens is 330 g/mol. The van der Waals surface area contributed by atoms with E-state index in [-0.39, 0.29) is 12.0 Å². The van der Waals surface area contributed by atoms with Crippen LogP contribution in [0, 0.1) is 6.92 Å². The van der Waals surface area contributed by atoms with E-state index in [0.717, 1.165) is 23.4 Å². The fourth-order valence-electron chi connectivity index (χ4n) is 3.50. The summed E-state index contributed by atoms with van der Waals surface area (Å²) in [5, 5.41) is 9.62. The molecule has 0 saturated carbocycles. The molecule has 2 aromatic carbocycles. The van der Waals surface area contributed by atoms with Gasteiger partial charge in [0.1, 0.15) is 23.8 Å². The van der Waals surface area contributed by atoms with Crippen molar-refractivity contribution in [1.82, 2.24) is 4.90 Å². The summed E-state index contributed by atoms with van der Waals surface area (Å²) in [5.41, 5.74) is 2.93. The van der Waals surface area contributed by atoms with Crippen LogP contribution in [0.15, 0.2) is 51.7 Å². The summed E-state index contributed by atoms with van der Waals surface area (Å²) in [6.07, 6.45) is 0.685. The predicted molar refractivity (Wildman–Crippen MR) is 100 cm³/mol. The van der Waals surface area contributed by atoms with Gasteiger partial charge in [-0.25, -0.2) is 0 Å². The third kappa shape index (κ3) is 2.89. The van der Waals surface area contributed by atoms with E-state index >= 15 is 0 Å². The van der Waals surface area contributed by atoms with Crippen LogP contribution in [-0.2, 0) is 6.54 Å². The van der Waals surface area contributed by atoms with E-state index in [1.807, 2.05) is 43.3 Å². The molecule has 26 heavy (non-hydrogen) atoms. The quantitative estimate of drug-likeness (QED) is 0.781. The van der Waals surface area contributed by atoms with E-state index in [4.69, 9.17) is 14.3 Å². The number of fused-ring (bicyclic) bond motifs is 3. The van der Waals surface area contributed by atoms with Crippen molar-refractivity contribution >= 4 is 11.0 Å². The first-order chi connectivity index (χ1) is 12.7. The molecule has 0 amide bonds. The summed E-state index contributed by atoms with van der Waals surface area (Å²) < 4.78 is 11.9. The molecule has 134 valence electrons. The molecule has 0 bridgehead atoms. The lowest BCUT2D eigenvalue weighted by Crippen LogP contribution is -2.33. The SMILES string of the molecule is Cc1oc2c3c(ccc2c(=O)c1-c1ccccc1)OCN(CCCO)C3. The smallest absolute Gasteiger partial charge is 0.200 e. The molecule has 0 radical (unpaired) electrons. The van der Waals surface area contributed by atoms with Crippen LogP contribution >= 0.6 is 0 Å². The Morgan fingerprint density at radius 1 is 1.15 bits per heavy atom. The summed E-state index contributed by atoms with van der Waals surface area (Å²) in [6, 6.07) is 13.2. The highest BCUT2D eigenvalue weighted by molar-refractivity contribution is 5.86. The number of aliphatic hydroxyl groups is 1. The number of hydrogen-bond acceptors (Lipinski definition) is 5. The van der Waals surface area contributed by atoms with Crippen molar-refractivity contribution in [2.24, 2.45) is 0 Å². The standard InChI is InChI=1S/C21H21NO4/c1-14-19(15-6-3-2-4-7-15)20(24)16-8-9-18-17(21(16)26-14)12-22(13-25-18)10-5-11-23/h2-4,6-9,23H,5,10-13H2,1H3. The van der Waals surface area contributed by atoms with E-state index in [1.165, 1.54) is 0 Å². The summed E-state index contributed by atoms with van der Waals surface area (Å²) >= 11 is 0. The molecule has 1 aliphatic heterocycles. The first-order valence-electron chi connectivity index (χ1n) is 8.80. The van der Waals surface area contributed by atoms with Crippen molar-refractivity contribution in [3.05, 3.63) is 64.0 Å². The van der Waals surface area contributed by atoms with Gasteiger partial charge >= 0.3 is 0 Å². The van der Waals surface area contributed by atoms with Crippen molar-refractivity contribution in [3.63, 3.8) is 0 Å². The van der Waals surface area contributed by atoms with Crippen LogP contribution in [0.5, 0.6) is 5.75 Å². The molecule has 1 aromatic heterocycles. The van der Waals surface area contributed by atoms with Crippen LogP contribution in [0.1, 0.15) is 17.7 Å². The molecule has 0 unspecified atom stereocenters. The van der Waals surface area contributed by atoms with Gasteiger partial charge in [0.15, 0.2) is 0 Å². The summed E-state index contributed by atoms with van der Waals surface area (Å²) in [6.45, 7) is 3.82.